The number of carbonyl (C=O) groups is 1. The zero-order valence-electron chi connectivity index (χ0n) is 9.79. The molecule has 0 bridgehead atoms. The highest BCUT2D eigenvalue weighted by Gasteiger charge is 2.07. The molecule has 4 heteroatoms. The van der Waals surface area contributed by atoms with Crippen molar-refractivity contribution in [3.8, 4) is 6.07 Å². The fourth-order valence-electron chi connectivity index (χ4n) is 2.09. The summed E-state index contributed by atoms with van der Waals surface area (Å²) in [6, 6.07) is 14.1. The first-order valence-electron chi connectivity index (χ1n) is 5.66. The Bertz CT molecular complexity index is 863. The third-order valence-corrected chi connectivity index (χ3v) is 3.01. The Labute approximate surface area is 108 Å². The van der Waals surface area contributed by atoms with E-state index >= 15 is 0 Å². The lowest BCUT2D eigenvalue weighted by molar-refractivity contribution is 0.0697. The van der Waals surface area contributed by atoms with Crippen molar-refractivity contribution >= 4 is 27.8 Å². The highest BCUT2D eigenvalue weighted by molar-refractivity contribution is 5.98. The molecule has 0 amide bonds. The normalized spacial score (nSPS) is 10.5. The summed E-state index contributed by atoms with van der Waals surface area (Å²) in [5, 5.41) is 19.6. The lowest BCUT2D eigenvalue weighted by atomic mass is 10.1. The number of carboxylic acid groups (broad SMARTS) is 1. The van der Waals surface area contributed by atoms with Gasteiger partial charge >= 0.3 is 5.97 Å². The molecule has 0 aliphatic heterocycles. The predicted octanol–water partition coefficient (Wildman–Crippen LogP) is 2.96. The number of pyridine rings is 1. The van der Waals surface area contributed by atoms with Crippen LogP contribution < -0.4 is 0 Å². The Morgan fingerprint density at radius 2 is 2.00 bits per heavy atom. The predicted molar refractivity (Wildman–Crippen MR) is 70.9 cm³/mol. The lowest BCUT2D eigenvalue weighted by Crippen LogP contribution is -1.96. The van der Waals surface area contributed by atoms with Crippen molar-refractivity contribution in [1.82, 2.24) is 4.98 Å². The molecule has 0 aliphatic rings. The maximum atomic E-state index is 10.9. The van der Waals surface area contributed by atoms with Crippen LogP contribution in [0.3, 0.4) is 0 Å². The zero-order valence-corrected chi connectivity index (χ0v) is 9.79. The molecule has 1 aromatic heterocycles. The molecule has 0 unspecified atom stereocenters. The van der Waals surface area contributed by atoms with E-state index in [0.717, 1.165) is 10.8 Å². The van der Waals surface area contributed by atoms with E-state index in [1.807, 2.05) is 12.1 Å². The summed E-state index contributed by atoms with van der Waals surface area (Å²) >= 11 is 0. The zero-order chi connectivity index (χ0) is 13.4. The highest BCUT2D eigenvalue weighted by atomic mass is 16.4. The Balaban J connectivity index is 2.39. The van der Waals surface area contributed by atoms with Crippen LogP contribution in [0.25, 0.3) is 21.8 Å². The van der Waals surface area contributed by atoms with Crippen molar-refractivity contribution in [3.05, 3.63) is 53.6 Å². The van der Waals surface area contributed by atoms with Crippen molar-refractivity contribution in [2.24, 2.45) is 0 Å². The number of aromatic carboxylic acids is 1. The van der Waals surface area contributed by atoms with Gasteiger partial charge < -0.3 is 5.11 Å². The van der Waals surface area contributed by atoms with Crippen LogP contribution in [0.1, 0.15) is 15.9 Å². The molecule has 19 heavy (non-hydrogen) atoms. The van der Waals surface area contributed by atoms with E-state index in [0.29, 0.717) is 16.6 Å². The topological polar surface area (TPSA) is 74.0 Å². The second-order valence-corrected chi connectivity index (χ2v) is 4.19. The summed E-state index contributed by atoms with van der Waals surface area (Å²) in [6.45, 7) is 0. The summed E-state index contributed by atoms with van der Waals surface area (Å²) < 4.78 is 0. The molecule has 0 radical (unpaired) electrons. The number of hydrogen-bond acceptors (Lipinski definition) is 3. The number of nitriles is 1. The molecule has 90 valence electrons. The lowest BCUT2D eigenvalue weighted by Gasteiger charge is -2.04. The molecule has 0 fully saturated rings. The number of aromatic nitrogens is 1. The van der Waals surface area contributed by atoms with E-state index in [2.05, 4.69) is 11.1 Å². The molecule has 3 aromatic rings. The minimum absolute atomic E-state index is 0.227. The van der Waals surface area contributed by atoms with Crippen LogP contribution in [0, 0.1) is 11.3 Å². The van der Waals surface area contributed by atoms with Gasteiger partial charge in [0, 0.05) is 10.8 Å². The maximum absolute atomic E-state index is 10.9. The molecular weight excluding hydrogens is 240 g/mol. The van der Waals surface area contributed by atoms with Crippen molar-refractivity contribution in [3.63, 3.8) is 0 Å². The van der Waals surface area contributed by atoms with Crippen LogP contribution >= 0.6 is 0 Å². The molecular formula is C15H8N2O2. The van der Waals surface area contributed by atoms with E-state index < -0.39 is 5.97 Å². The number of hydrogen-bond donors (Lipinski definition) is 1. The van der Waals surface area contributed by atoms with E-state index in [1.165, 1.54) is 6.07 Å². The first kappa shape index (κ1) is 11.2. The smallest absolute Gasteiger partial charge is 0.335 e. The molecule has 0 atom stereocenters. The van der Waals surface area contributed by atoms with Gasteiger partial charge in [-0.3, -0.25) is 0 Å². The van der Waals surface area contributed by atoms with E-state index in [9.17, 15) is 4.79 Å². The van der Waals surface area contributed by atoms with Gasteiger partial charge in [0.1, 0.15) is 6.07 Å². The first-order valence-corrected chi connectivity index (χ1v) is 5.66. The SMILES string of the molecule is N#Cc1cccc2cc3cc(C(=O)O)ccc3nc12. The Hall–Kier alpha value is -2.93. The second-order valence-electron chi connectivity index (χ2n) is 4.19. The van der Waals surface area contributed by atoms with Gasteiger partial charge in [-0.1, -0.05) is 12.1 Å². The van der Waals surface area contributed by atoms with Gasteiger partial charge in [0.05, 0.1) is 22.2 Å². The van der Waals surface area contributed by atoms with Crippen molar-refractivity contribution < 1.29 is 9.90 Å². The van der Waals surface area contributed by atoms with Gasteiger partial charge in [-0.15, -0.1) is 0 Å². The average molecular weight is 248 g/mol. The van der Waals surface area contributed by atoms with E-state index in [-0.39, 0.29) is 5.56 Å². The monoisotopic (exact) mass is 248 g/mol. The van der Waals surface area contributed by atoms with Crippen LogP contribution in [0.4, 0.5) is 0 Å². The largest absolute Gasteiger partial charge is 0.478 e. The highest BCUT2D eigenvalue weighted by Crippen LogP contribution is 2.23. The third-order valence-electron chi connectivity index (χ3n) is 3.01. The average Bonchev–Trinajstić information content (AvgIpc) is 2.43. The quantitative estimate of drug-likeness (QED) is 0.672. The number of nitrogens with zero attached hydrogens (tertiary/aromatic N) is 2. The molecule has 1 heterocycles. The molecule has 4 nitrogen and oxygen atoms in total. The maximum Gasteiger partial charge on any atom is 0.335 e. The van der Waals surface area contributed by atoms with Crippen molar-refractivity contribution in [2.75, 3.05) is 0 Å². The van der Waals surface area contributed by atoms with Gasteiger partial charge in [0.25, 0.3) is 0 Å². The van der Waals surface area contributed by atoms with Crippen LogP contribution in [0.15, 0.2) is 42.5 Å². The van der Waals surface area contributed by atoms with Crippen LogP contribution in [0.5, 0.6) is 0 Å². The Kier molecular flexibility index (Phi) is 2.39. The van der Waals surface area contributed by atoms with Crippen molar-refractivity contribution in [2.45, 2.75) is 0 Å². The first-order chi connectivity index (χ1) is 9.19. The summed E-state index contributed by atoms with van der Waals surface area (Å²) in [5.74, 6) is -0.965. The Morgan fingerprint density at radius 3 is 2.74 bits per heavy atom. The van der Waals surface area contributed by atoms with E-state index in [4.69, 9.17) is 10.4 Å². The van der Waals surface area contributed by atoms with Gasteiger partial charge in [0.2, 0.25) is 0 Å². The number of benzene rings is 2. The molecule has 0 aliphatic carbocycles. The minimum Gasteiger partial charge on any atom is -0.478 e. The van der Waals surface area contributed by atoms with Crippen LogP contribution in [-0.4, -0.2) is 16.1 Å². The number of fused-ring (bicyclic) bond motifs is 2. The summed E-state index contributed by atoms with van der Waals surface area (Å²) in [6.07, 6.45) is 0. The standard InChI is InChI=1S/C15H8N2O2/c16-8-11-3-1-2-9-6-12-7-10(15(18)19)4-5-13(12)17-14(9)11/h1-7H,(H,18,19). The Morgan fingerprint density at radius 1 is 1.16 bits per heavy atom. The molecule has 0 spiro atoms. The summed E-state index contributed by atoms with van der Waals surface area (Å²) in [7, 11) is 0. The third kappa shape index (κ3) is 1.78. The summed E-state index contributed by atoms with van der Waals surface area (Å²) in [5.41, 5.74) is 2.06. The molecule has 3 rings (SSSR count). The summed E-state index contributed by atoms with van der Waals surface area (Å²) in [4.78, 5) is 15.4. The second kappa shape index (κ2) is 4.07. The molecule has 0 saturated carbocycles. The van der Waals surface area contributed by atoms with Crippen molar-refractivity contribution in [1.29, 1.82) is 5.26 Å². The number of carboxylic acids is 1. The van der Waals surface area contributed by atoms with Gasteiger partial charge in [0.15, 0.2) is 0 Å². The van der Waals surface area contributed by atoms with Crippen LogP contribution in [-0.2, 0) is 0 Å². The van der Waals surface area contributed by atoms with Gasteiger partial charge in [-0.2, -0.15) is 5.26 Å². The number of rotatable bonds is 1. The molecule has 0 saturated heterocycles. The fraction of sp³-hybridized carbons (Fsp3) is 0. The fourth-order valence-corrected chi connectivity index (χ4v) is 2.09. The molecule has 2 aromatic carbocycles. The molecule has 1 N–H and O–H groups in total. The van der Waals surface area contributed by atoms with Crippen LogP contribution in [0.2, 0.25) is 0 Å². The van der Waals surface area contributed by atoms with E-state index in [1.54, 1.807) is 24.3 Å². The minimum atomic E-state index is -0.965. The van der Waals surface area contributed by atoms with Gasteiger partial charge in [-0.05, 0) is 30.3 Å². The number of para-hydroxylation sites is 1. The van der Waals surface area contributed by atoms with Gasteiger partial charge in [-0.25, -0.2) is 9.78 Å².